The van der Waals surface area contributed by atoms with Crippen LogP contribution < -0.4 is 20.7 Å². The summed E-state index contributed by atoms with van der Waals surface area (Å²) in [6.45, 7) is 2.11. The molecule has 30 heavy (non-hydrogen) atoms. The van der Waals surface area contributed by atoms with E-state index in [4.69, 9.17) is 4.74 Å². The molecule has 1 fully saturated rings. The molecule has 0 unspecified atom stereocenters. The molecule has 2 aromatic rings. The Balaban J connectivity index is 0.00000320. The Labute approximate surface area is 195 Å². The van der Waals surface area contributed by atoms with Crippen LogP contribution in [0.5, 0.6) is 5.88 Å². The zero-order chi connectivity index (χ0) is 20.5. The van der Waals surface area contributed by atoms with Gasteiger partial charge in [0.05, 0.1) is 6.61 Å². The maximum absolute atomic E-state index is 11.7. The van der Waals surface area contributed by atoms with Crippen molar-refractivity contribution < 1.29 is 9.53 Å². The summed E-state index contributed by atoms with van der Waals surface area (Å²) in [5, 5.41) is 9.23. The van der Waals surface area contributed by atoms with E-state index in [-0.39, 0.29) is 29.9 Å². The van der Waals surface area contributed by atoms with Crippen LogP contribution in [0.15, 0.2) is 47.6 Å². The van der Waals surface area contributed by atoms with Gasteiger partial charge in [0.25, 0.3) is 5.91 Å². The monoisotopic (exact) mass is 523 g/mol. The number of hydrogen-bond acceptors (Lipinski definition) is 4. The van der Waals surface area contributed by atoms with E-state index in [0.29, 0.717) is 24.5 Å². The Hall–Kier alpha value is -2.36. The number of aliphatic imine (C=N–C) groups is 1. The summed E-state index contributed by atoms with van der Waals surface area (Å²) < 4.78 is 5.66. The van der Waals surface area contributed by atoms with Gasteiger partial charge in [0, 0.05) is 45.0 Å². The number of rotatable bonds is 9. The molecule has 8 heteroatoms. The van der Waals surface area contributed by atoms with Gasteiger partial charge in [-0.1, -0.05) is 18.2 Å². The molecule has 3 rings (SSSR count). The smallest absolute Gasteiger partial charge is 0.251 e. The van der Waals surface area contributed by atoms with E-state index >= 15 is 0 Å². The highest BCUT2D eigenvalue weighted by molar-refractivity contribution is 14.0. The molecule has 1 aromatic heterocycles. The molecule has 162 valence electrons. The van der Waals surface area contributed by atoms with Gasteiger partial charge in [-0.05, 0) is 48.4 Å². The fourth-order valence-corrected chi connectivity index (χ4v) is 2.83. The number of nitrogens with zero attached hydrogens (tertiary/aromatic N) is 2. The summed E-state index contributed by atoms with van der Waals surface area (Å²) in [5.41, 5.74) is 2.83. The van der Waals surface area contributed by atoms with Crippen LogP contribution in [0.25, 0.3) is 0 Å². The number of pyridine rings is 1. The van der Waals surface area contributed by atoms with Gasteiger partial charge >= 0.3 is 0 Å². The summed E-state index contributed by atoms with van der Waals surface area (Å²) in [7, 11) is 3.38. The highest BCUT2D eigenvalue weighted by atomic mass is 127. The second-order valence-corrected chi connectivity index (χ2v) is 7.14. The molecule has 0 spiro atoms. The lowest BCUT2D eigenvalue weighted by atomic mass is 10.1. The van der Waals surface area contributed by atoms with Crippen LogP contribution in [0.4, 0.5) is 0 Å². The van der Waals surface area contributed by atoms with Crippen molar-refractivity contribution in [2.75, 3.05) is 27.2 Å². The molecule has 1 aromatic carbocycles. The predicted octanol–water partition coefficient (Wildman–Crippen LogP) is 2.76. The number of halogens is 1. The first kappa shape index (κ1) is 23.9. The molecule has 0 bridgehead atoms. The summed E-state index contributed by atoms with van der Waals surface area (Å²) in [6, 6.07) is 11.6. The lowest BCUT2D eigenvalue weighted by Gasteiger charge is -2.12. The number of aromatic nitrogens is 1. The lowest BCUT2D eigenvalue weighted by molar-refractivity contribution is 0.0963. The van der Waals surface area contributed by atoms with Crippen molar-refractivity contribution in [1.29, 1.82) is 0 Å². The second-order valence-electron chi connectivity index (χ2n) is 7.14. The van der Waals surface area contributed by atoms with E-state index in [9.17, 15) is 4.79 Å². The Kier molecular flexibility index (Phi) is 9.85. The van der Waals surface area contributed by atoms with Crippen LogP contribution >= 0.6 is 24.0 Å². The van der Waals surface area contributed by atoms with Gasteiger partial charge in [0.2, 0.25) is 5.88 Å². The summed E-state index contributed by atoms with van der Waals surface area (Å²) >= 11 is 0. The largest absolute Gasteiger partial charge is 0.477 e. The lowest BCUT2D eigenvalue weighted by Crippen LogP contribution is -2.37. The second kappa shape index (κ2) is 12.4. The minimum absolute atomic E-state index is 0. The number of carbonyl (C=O) groups is 1. The number of carbonyl (C=O) groups excluding carboxylic acids is 1. The average Bonchev–Trinajstić information content (AvgIpc) is 3.59. The molecule has 3 N–H and O–H groups in total. The van der Waals surface area contributed by atoms with Crippen LogP contribution in [-0.4, -0.2) is 44.1 Å². The Bertz CT molecular complexity index is 838. The van der Waals surface area contributed by atoms with Gasteiger partial charge in [-0.25, -0.2) is 4.98 Å². The van der Waals surface area contributed by atoms with E-state index in [1.165, 1.54) is 12.8 Å². The highest BCUT2D eigenvalue weighted by Crippen LogP contribution is 2.29. The maximum Gasteiger partial charge on any atom is 0.251 e. The van der Waals surface area contributed by atoms with Crippen molar-refractivity contribution in [3.8, 4) is 5.88 Å². The van der Waals surface area contributed by atoms with Crippen molar-refractivity contribution in [3.05, 3.63) is 59.3 Å². The number of ether oxygens (including phenoxy) is 1. The molecule has 7 nitrogen and oxygen atoms in total. The molecule has 1 amide bonds. The summed E-state index contributed by atoms with van der Waals surface area (Å²) in [5.74, 6) is 2.05. The van der Waals surface area contributed by atoms with Gasteiger partial charge in [-0.2, -0.15) is 0 Å². The van der Waals surface area contributed by atoms with Crippen LogP contribution in [0.2, 0.25) is 0 Å². The van der Waals surface area contributed by atoms with Gasteiger partial charge in [0.1, 0.15) is 0 Å². The Morgan fingerprint density at radius 1 is 1.20 bits per heavy atom. The van der Waals surface area contributed by atoms with Crippen LogP contribution in [-0.2, 0) is 13.0 Å². The molecule has 1 aliphatic rings. The van der Waals surface area contributed by atoms with Gasteiger partial charge in [-0.15, -0.1) is 24.0 Å². The highest BCUT2D eigenvalue weighted by Gasteiger charge is 2.22. The zero-order valence-corrected chi connectivity index (χ0v) is 19.8. The van der Waals surface area contributed by atoms with E-state index in [1.807, 2.05) is 42.6 Å². The number of nitrogens with one attached hydrogen (secondary N) is 3. The molecular weight excluding hydrogens is 493 g/mol. The van der Waals surface area contributed by atoms with Crippen LogP contribution in [0, 0.1) is 5.92 Å². The van der Waals surface area contributed by atoms with Crippen LogP contribution in [0.3, 0.4) is 0 Å². The van der Waals surface area contributed by atoms with E-state index in [2.05, 4.69) is 25.9 Å². The summed E-state index contributed by atoms with van der Waals surface area (Å²) in [6.07, 6.45) is 5.16. The number of hydrogen-bond donors (Lipinski definition) is 3. The van der Waals surface area contributed by atoms with Gasteiger partial charge < -0.3 is 20.7 Å². The molecule has 1 aliphatic carbocycles. The Morgan fingerprint density at radius 3 is 2.70 bits per heavy atom. The normalized spacial score (nSPS) is 13.2. The average molecular weight is 523 g/mol. The minimum atomic E-state index is -0.0742. The van der Waals surface area contributed by atoms with Crippen molar-refractivity contribution in [1.82, 2.24) is 20.9 Å². The summed E-state index contributed by atoms with van der Waals surface area (Å²) in [4.78, 5) is 20.3. The molecular formula is C22H30IN5O2. The number of benzene rings is 1. The first-order valence-corrected chi connectivity index (χ1v) is 10.0. The van der Waals surface area contributed by atoms with Crippen molar-refractivity contribution in [3.63, 3.8) is 0 Å². The molecule has 1 saturated carbocycles. The molecule has 0 radical (unpaired) electrons. The topological polar surface area (TPSA) is 87.6 Å². The fraction of sp³-hybridized carbons (Fsp3) is 0.409. The zero-order valence-electron chi connectivity index (χ0n) is 17.5. The quantitative estimate of drug-likeness (QED) is 0.268. The third kappa shape index (κ3) is 7.81. The van der Waals surface area contributed by atoms with Gasteiger partial charge in [-0.3, -0.25) is 9.79 Å². The molecule has 1 heterocycles. The van der Waals surface area contributed by atoms with Crippen molar-refractivity contribution in [2.45, 2.75) is 25.8 Å². The van der Waals surface area contributed by atoms with E-state index < -0.39 is 0 Å². The molecule has 0 saturated heterocycles. The first-order chi connectivity index (χ1) is 14.2. The van der Waals surface area contributed by atoms with E-state index in [1.54, 1.807) is 14.1 Å². The van der Waals surface area contributed by atoms with E-state index in [0.717, 1.165) is 36.0 Å². The first-order valence-electron chi connectivity index (χ1n) is 10.0. The number of guanidine groups is 1. The maximum atomic E-state index is 11.7. The molecule has 0 aliphatic heterocycles. The predicted molar refractivity (Wildman–Crippen MR) is 130 cm³/mol. The number of amides is 1. The fourth-order valence-electron chi connectivity index (χ4n) is 2.83. The Morgan fingerprint density at radius 2 is 2.03 bits per heavy atom. The van der Waals surface area contributed by atoms with Gasteiger partial charge in [0.15, 0.2) is 5.96 Å². The molecule has 0 atom stereocenters. The minimum Gasteiger partial charge on any atom is -0.477 e. The van der Waals surface area contributed by atoms with Crippen LogP contribution in [0.1, 0.15) is 34.3 Å². The van der Waals surface area contributed by atoms with Crippen molar-refractivity contribution >= 4 is 35.8 Å². The third-order valence-corrected chi connectivity index (χ3v) is 4.77. The SMILES string of the molecule is CN=C(NCCc1cccc(C(=O)NC)c1)NCc1ccc(OCC2CC2)nc1.I. The van der Waals surface area contributed by atoms with Crippen molar-refractivity contribution in [2.24, 2.45) is 10.9 Å². The standard InChI is InChI=1S/C22H29N5O2.HI/c1-23-21(28)19-5-3-4-16(12-19)10-11-25-22(24-2)27-14-18-8-9-20(26-13-18)29-15-17-6-7-17;/h3-5,8-9,12-13,17H,6-7,10-11,14-15H2,1-2H3,(H,23,28)(H2,24,25,27);1H. The third-order valence-electron chi connectivity index (χ3n) is 4.77.